The predicted octanol–water partition coefficient (Wildman–Crippen LogP) is 3.03. The molecule has 140 valence electrons. The number of anilines is 1. The number of thiocarbonyl (C=S) groups is 1. The highest BCUT2D eigenvalue weighted by molar-refractivity contribution is 7.80. The van der Waals surface area contributed by atoms with Gasteiger partial charge in [0.05, 0.1) is 28.1 Å². The van der Waals surface area contributed by atoms with Crippen LogP contribution in [0.1, 0.15) is 17.3 Å². The summed E-state index contributed by atoms with van der Waals surface area (Å²) in [4.78, 5) is 32.4. The van der Waals surface area contributed by atoms with Crippen molar-refractivity contribution in [3.05, 3.63) is 68.3 Å². The zero-order valence-electron chi connectivity index (χ0n) is 14.0. The summed E-state index contributed by atoms with van der Waals surface area (Å²) in [7, 11) is 0. The molecule has 2 aromatic carbocycles. The molecule has 0 fully saturated rings. The van der Waals surface area contributed by atoms with E-state index in [-0.39, 0.29) is 10.7 Å². The van der Waals surface area contributed by atoms with Crippen LogP contribution in [0.15, 0.2) is 42.5 Å². The van der Waals surface area contributed by atoms with Crippen molar-refractivity contribution < 1.29 is 19.4 Å². The molecule has 2 aromatic rings. The van der Waals surface area contributed by atoms with Gasteiger partial charge in [0.15, 0.2) is 5.11 Å². The van der Waals surface area contributed by atoms with E-state index in [0.29, 0.717) is 18.0 Å². The van der Waals surface area contributed by atoms with Crippen LogP contribution in [-0.2, 0) is 0 Å². The van der Waals surface area contributed by atoms with Gasteiger partial charge in [-0.05, 0) is 43.4 Å². The van der Waals surface area contributed by atoms with Gasteiger partial charge >= 0.3 is 0 Å². The maximum Gasteiger partial charge on any atom is 0.277 e. The minimum absolute atomic E-state index is 0.0710. The molecule has 0 saturated heterocycles. The lowest BCUT2D eigenvalue weighted by Gasteiger charge is -2.10. The van der Waals surface area contributed by atoms with E-state index >= 15 is 0 Å². The number of benzene rings is 2. The fourth-order valence-corrected chi connectivity index (χ4v) is 2.29. The fourth-order valence-electron chi connectivity index (χ4n) is 2.08. The number of nitro groups is 2. The first-order valence-electron chi connectivity index (χ1n) is 7.59. The van der Waals surface area contributed by atoms with Gasteiger partial charge in [-0.1, -0.05) is 0 Å². The number of amides is 1. The van der Waals surface area contributed by atoms with E-state index in [4.69, 9.17) is 17.0 Å². The van der Waals surface area contributed by atoms with Crippen LogP contribution in [0.4, 0.5) is 17.1 Å². The molecule has 0 radical (unpaired) electrons. The molecule has 0 atom stereocenters. The van der Waals surface area contributed by atoms with E-state index in [2.05, 4.69) is 10.6 Å². The van der Waals surface area contributed by atoms with Gasteiger partial charge in [-0.3, -0.25) is 30.3 Å². The molecule has 0 aliphatic carbocycles. The lowest BCUT2D eigenvalue weighted by molar-refractivity contribution is -0.394. The molecule has 0 aliphatic rings. The number of carbonyl (C=O) groups is 1. The van der Waals surface area contributed by atoms with E-state index in [0.717, 1.165) is 18.2 Å². The van der Waals surface area contributed by atoms with Crippen LogP contribution in [0.2, 0.25) is 0 Å². The largest absolute Gasteiger partial charge is 0.494 e. The van der Waals surface area contributed by atoms with Crippen LogP contribution in [0.25, 0.3) is 0 Å². The van der Waals surface area contributed by atoms with Gasteiger partial charge < -0.3 is 10.1 Å². The first kappa shape index (κ1) is 19.7. The van der Waals surface area contributed by atoms with Crippen molar-refractivity contribution in [3.8, 4) is 5.75 Å². The SMILES string of the molecule is CCOc1ccc(NC(=S)NC(=O)c2cc([N+](=O)[O-])cc([N+](=O)[O-])c2)cc1. The van der Waals surface area contributed by atoms with E-state index in [1.807, 2.05) is 6.92 Å². The molecule has 27 heavy (non-hydrogen) atoms. The molecular formula is C16H14N4O6S. The van der Waals surface area contributed by atoms with E-state index in [1.54, 1.807) is 24.3 Å². The molecule has 0 unspecified atom stereocenters. The summed E-state index contributed by atoms with van der Waals surface area (Å²) in [5.74, 6) is -0.146. The summed E-state index contributed by atoms with van der Waals surface area (Å²) in [5, 5.41) is 26.8. The number of nitro benzene ring substituents is 2. The first-order valence-corrected chi connectivity index (χ1v) is 8.00. The zero-order valence-corrected chi connectivity index (χ0v) is 14.8. The third kappa shape index (κ3) is 5.44. The lowest BCUT2D eigenvalue weighted by Crippen LogP contribution is -2.34. The Morgan fingerprint density at radius 2 is 1.63 bits per heavy atom. The Labute approximate surface area is 158 Å². The Bertz CT molecular complexity index is 868. The highest BCUT2D eigenvalue weighted by Gasteiger charge is 2.20. The number of non-ortho nitro benzene ring substituents is 2. The van der Waals surface area contributed by atoms with Crippen molar-refractivity contribution in [1.29, 1.82) is 0 Å². The second-order valence-electron chi connectivity index (χ2n) is 5.12. The third-order valence-electron chi connectivity index (χ3n) is 3.24. The number of hydrogen-bond acceptors (Lipinski definition) is 7. The van der Waals surface area contributed by atoms with Gasteiger partial charge in [-0.2, -0.15) is 0 Å². The molecule has 0 aromatic heterocycles. The van der Waals surface area contributed by atoms with Crippen molar-refractivity contribution in [1.82, 2.24) is 5.32 Å². The van der Waals surface area contributed by atoms with Crippen LogP contribution in [0, 0.1) is 20.2 Å². The Balaban J connectivity index is 2.10. The van der Waals surface area contributed by atoms with Crippen LogP contribution >= 0.6 is 12.2 Å². The van der Waals surface area contributed by atoms with E-state index in [9.17, 15) is 25.0 Å². The minimum atomic E-state index is -0.819. The summed E-state index contributed by atoms with van der Waals surface area (Å²) in [5.41, 5.74) is -0.819. The van der Waals surface area contributed by atoms with Crippen LogP contribution in [0.5, 0.6) is 5.75 Å². The molecule has 0 saturated carbocycles. The number of ether oxygens (including phenoxy) is 1. The molecule has 1 amide bonds. The number of rotatable bonds is 6. The quantitative estimate of drug-likeness (QED) is 0.436. The fraction of sp³-hybridized carbons (Fsp3) is 0.125. The van der Waals surface area contributed by atoms with Gasteiger partial charge in [0.25, 0.3) is 17.3 Å². The lowest BCUT2D eigenvalue weighted by atomic mass is 10.1. The average molecular weight is 390 g/mol. The molecule has 11 heteroatoms. The maximum absolute atomic E-state index is 12.2. The molecule has 0 bridgehead atoms. The number of nitrogens with zero attached hydrogens (tertiary/aromatic N) is 2. The van der Waals surface area contributed by atoms with E-state index < -0.39 is 27.1 Å². The summed E-state index contributed by atoms with van der Waals surface area (Å²) < 4.78 is 5.31. The van der Waals surface area contributed by atoms with Gasteiger partial charge in [0, 0.05) is 17.8 Å². The summed E-state index contributed by atoms with van der Waals surface area (Å²) in [6, 6.07) is 9.42. The Hall–Kier alpha value is -3.60. The third-order valence-corrected chi connectivity index (χ3v) is 3.44. The molecule has 0 spiro atoms. The van der Waals surface area contributed by atoms with Crippen molar-refractivity contribution in [2.45, 2.75) is 6.92 Å². The minimum Gasteiger partial charge on any atom is -0.494 e. The van der Waals surface area contributed by atoms with Crippen molar-refractivity contribution in [2.75, 3.05) is 11.9 Å². The normalized spacial score (nSPS) is 9.96. The summed E-state index contributed by atoms with van der Waals surface area (Å²) >= 11 is 5.02. The number of carbonyl (C=O) groups excluding carboxylic acids is 1. The Morgan fingerprint density at radius 1 is 1.07 bits per heavy atom. The molecule has 0 aliphatic heterocycles. The van der Waals surface area contributed by atoms with Crippen molar-refractivity contribution in [3.63, 3.8) is 0 Å². The molecule has 2 N–H and O–H groups in total. The zero-order chi connectivity index (χ0) is 20.0. The summed E-state index contributed by atoms with van der Waals surface area (Å²) in [6.45, 7) is 2.38. The van der Waals surface area contributed by atoms with Crippen LogP contribution in [0.3, 0.4) is 0 Å². The van der Waals surface area contributed by atoms with E-state index in [1.165, 1.54) is 0 Å². The molecule has 2 rings (SSSR count). The highest BCUT2D eigenvalue weighted by atomic mass is 32.1. The van der Waals surface area contributed by atoms with Crippen LogP contribution in [-0.4, -0.2) is 27.5 Å². The maximum atomic E-state index is 12.2. The Morgan fingerprint density at radius 3 is 2.11 bits per heavy atom. The predicted molar refractivity (Wildman–Crippen MR) is 101 cm³/mol. The Kier molecular flexibility index (Phi) is 6.33. The van der Waals surface area contributed by atoms with Crippen molar-refractivity contribution >= 4 is 40.3 Å². The summed E-state index contributed by atoms with van der Waals surface area (Å²) in [6.07, 6.45) is 0. The average Bonchev–Trinajstić information content (AvgIpc) is 2.63. The topological polar surface area (TPSA) is 137 Å². The van der Waals surface area contributed by atoms with Gasteiger partial charge in [-0.25, -0.2) is 0 Å². The monoisotopic (exact) mass is 390 g/mol. The second-order valence-corrected chi connectivity index (χ2v) is 5.53. The standard InChI is InChI=1S/C16H14N4O6S/c1-2-26-14-5-3-11(4-6-14)17-16(27)18-15(21)10-7-12(19(22)23)9-13(8-10)20(24)25/h3-9H,2H2,1H3,(H2,17,18,21,27). The van der Waals surface area contributed by atoms with Gasteiger partial charge in [0.1, 0.15) is 5.75 Å². The first-order chi connectivity index (χ1) is 12.8. The second kappa shape index (κ2) is 8.67. The van der Waals surface area contributed by atoms with Gasteiger partial charge in [0.2, 0.25) is 0 Å². The smallest absolute Gasteiger partial charge is 0.277 e. The molecular weight excluding hydrogens is 376 g/mol. The molecule has 10 nitrogen and oxygen atoms in total. The van der Waals surface area contributed by atoms with Crippen LogP contribution < -0.4 is 15.4 Å². The van der Waals surface area contributed by atoms with Crippen molar-refractivity contribution in [2.24, 2.45) is 0 Å². The number of hydrogen-bond donors (Lipinski definition) is 2. The molecule has 0 heterocycles. The van der Waals surface area contributed by atoms with Gasteiger partial charge in [-0.15, -0.1) is 0 Å². The highest BCUT2D eigenvalue weighted by Crippen LogP contribution is 2.22. The number of nitrogens with one attached hydrogen (secondary N) is 2.